The Balaban J connectivity index is 2.30. The number of rotatable bonds is 9. The molecule has 0 aliphatic rings. The summed E-state index contributed by atoms with van der Waals surface area (Å²) in [6.45, 7) is 9.00. The van der Waals surface area contributed by atoms with Crippen molar-refractivity contribution in [2.24, 2.45) is 5.92 Å². The van der Waals surface area contributed by atoms with Gasteiger partial charge in [-0.15, -0.1) is 0 Å². The minimum absolute atomic E-state index is 0.107. The van der Waals surface area contributed by atoms with Crippen LogP contribution in [0.2, 0.25) is 0 Å². The fourth-order valence-electron chi connectivity index (χ4n) is 3.04. The highest BCUT2D eigenvalue weighted by atomic mass is 19.3. The molecule has 0 saturated carbocycles. The number of pyridine rings is 1. The topological polar surface area (TPSA) is 97.2 Å². The zero-order chi connectivity index (χ0) is 21.6. The molecule has 0 radical (unpaired) electrons. The Morgan fingerprint density at radius 2 is 2.00 bits per heavy atom. The number of nitrogens with one attached hydrogen (secondary N) is 1. The first-order valence-corrected chi connectivity index (χ1v) is 9.02. The average Bonchev–Trinajstić information content (AvgIpc) is 2.65. The maximum absolute atomic E-state index is 13.6. The number of halogens is 2. The Morgan fingerprint density at radius 3 is 2.59 bits per heavy atom. The van der Waals surface area contributed by atoms with E-state index in [-0.39, 0.29) is 24.0 Å². The Hall–Kier alpha value is -3.10. The van der Waals surface area contributed by atoms with E-state index in [0.717, 1.165) is 0 Å². The van der Waals surface area contributed by atoms with Crippen molar-refractivity contribution in [2.75, 3.05) is 6.61 Å². The maximum atomic E-state index is 13.6. The molecule has 156 valence electrons. The van der Waals surface area contributed by atoms with Crippen LogP contribution in [0.3, 0.4) is 0 Å². The predicted molar refractivity (Wildman–Crippen MR) is 105 cm³/mol. The average molecular weight is 406 g/mol. The van der Waals surface area contributed by atoms with Crippen LogP contribution in [0.5, 0.6) is 5.75 Å². The van der Waals surface area contributed by atoms with Crippen LogP contribution in [0.4, 0.5) is 13.6 Å². The third kappa shape index (κ3) is 6.20. The van der Waals surface area contributed by atoms with Crippen molar-refractivity contribution in [1.29, 1.82) is 0 Å². The predicted octanol–water partition coefficient (Wildman–Crippen LogP) is 4.57. The van der Waals surface area contributed by atoms with Gasteiger partial charge in [0.2, 0.25) is 0 Å². The number of hydrogen-bond acceptors (Lipinski definition) is 5. The van der Waals surface area contributed by atoms with Crippen LogP contribution >= 0.6 is 0 Å². The van der Waals surface area contributed by atoms with Crippen LogP contribution in [0.1, 0.15) is 45.1 Å². The molecule has 0 aliphatic heterocycles. The molecule has 0 saturated heterocycles. The van der Waals surface area contributed by atoms with E-state index in [9.17, 15) is 13.6 Å². The van der Waals surface area contributed by atoms with Gasteiger partial charge in [0, 0.05) is 6.20 Å². The first-order chi connectivity index (χ1) is 13.6. The molecule has 2 rings (SSSR count). The number of carboxylic acid groups (broad SMARTS) is 1. The van der Waals surface area contributed by atoms with E-state index < -0.39 is 23.8 Å². The zero-order valence-corrected chi connectivity index (χ0v) is 16.5. The van der Waals surface area contributed by atoms with Crippen molar-refractivity contribution in [2.45, 2.75) is 39.2 Å². The van der Waals surface area contributed by atoms with Crippen LogP contribution in [0.25, 0.3) is 17.5 Å². The fourth-order valence-corrected chi connectivity index (χ4v) is 3.04. The van der Waals surface area contributed by atoms with Gasteiger partial charge in [0.1, 0.15) is 18.1 Å². The summed E-state index contributed by atoms with van der Waals surface area (Å²) in [6.07, 6.45) is -0.682. The lowest BCUT2D eigenvalue weighted by Gasteiger charge is -2.31. The molecule has 2 N–H and O–H groups in total. The van der Waals surface area contributed by atoms with Crippen molar-refractivity contribution >= 4 is 12.2 Å². The van der Waals surface area contributed by atoms with Gasteiger partial charge in [-0.2, -0.15) is 0 Å². The number of carbonyl (C=O) groups is 1. The van der Waals surface area contributed by atoms with Gasteiger partial charge < -0.3 is 15.2 Å². The molecule has 2 aromatic heterocycles. The minimum Gasteiger partial charge on any atom is -0.489 e. The van der Waals surface area contributed by atoms with Gasteiger partial charge >= 0.3 is 6.09 Å². The summed E-state index contributed by atoms with van der Waals surface area (Å²) < 4.78 is 32.8. The van der Waals surface area contributed by atoms with Crippen molar-refractivity contribution in [1.82, 2.24) is 20.3 Å². The molecule has 2 aromatic rings. The molecular formula is C20H24F2N4O3. The van der Waals surface area contributed by atoms with Gasteiger partial charge in [-0.05, 0) is 43.5 Å². The fraction of sp³-hybridized carbons (Fsp3) is 0.400. The summed E-state index contributed by atoms with van der Waals surface area (Å²) in [4.78, 5) is 23.3. The van der Waals surface area contributed by atoms with E-state index in [1.54, 1.807) is 13.0 Å². The van der Waals surface area contributed by atoms with Gasteiger partial charge in [0.05, 0.1) is 16.9 Å². The Morgan fingerprint density at radius 1 is 1.31 bits per heavy atom. The Labute approximate surface area is 167 Å². The van der Waals surface area contributed by atoms with E-state index in [4.69, 9.17) is 9.84 Å². The van der Waals surface area contributed by atoms with Crippen LogP contribution in [0.15, 0.2) is 31.0 Å². The van der Waals surface area contributed by atoms with E-state index in [2.05, 4.69) is 26.8 Å². The quantitative estimate of drug-likeness (QED) is 0.633. The molecule has 1 atom stereocenters. The second-order valence-corrected chi connectivity index (χ2v) is 7.26. The SMILES string of the molecule is C=Cc1nccc(-c2ccc(OCC(C)(CC(C)C)NC(=O)O)c(C(F)F)n2)n1. The normalized spacial score (nSPS) is 13.2. The number of alkyl halides is 2. The number of hydrogen-bond donors (Lipinski definition) is 2. The molecule has 0 fully saturated rings. The molecule has 9 heteroatoms. The van der Waals surface area contributed by atoms with E-state index in [1.165, 1.54) is 24.4 Å². The van der Waals surface area contributed by atoms with Gasteiger partial charge in [-0.3, -0.25) is 0 Å². The van der Waals surface area contributed by atoms with Gasteiger partial charge in [0.25, 0.3) is 6.43 Å². The minimum atomic E-state index is -2.88. The van der Waals surface area contributed by atoms with E-state index >= 15 is 0 Å². The van der Waals surface area contributed by atoms with Crippen molar-refractivity contribution in [3.8, 4) is 17.1 Å². The maximum Gasteiger partial charge on any atom is 0.405 e. The highest BCUT2D eigenvalue weighted by molar-refractivity contribution is 5.65. The Bertz CT molecular complexity index is 877. The van der Waals surface area contributed by atoms with Crippen molar-refractivity contribution in [3.63, 3.8) is 0 Å². The molecule has 0 spiro atoms. The molecule has 0 aliphatic carbocycles. The van der Waals surface area contributed by atoms with Crippen LogP contribution in [-0.2, 0) is 0 Å². The van der Waals surface area contributed by atoms with Crippen molar-refractivity contribution in [3.05, 3.63) is 42.5 Å². The lowest BCUT2D eigenvalue weighted by Crippen LogP contribution is -2.50. The summed E-state index contributed by atoms with van der Waals surface area (Å²) in [5, 5.41) is 11.5. The smallest absolute Gasteiger partial charge is 0.405 e. The molecule has 29 heavy (non-hydrogen) atoms. The lowest BCUT2D eigenvalue weighted by atomic mass is 9.91. The third-order valence-corrected chi connectivity index (χ3v) is 4.03. The zero-order valence-electron chi connectivity index (χ0n) is 16.5. The number of aromatic nitrogens is 3. The molecular weight excluding hydrogens is 382 g/mol. The molecule has 2 heterocycles. The summed E-state index contributed by atoms with van der Waals surface area (Å²) in [6, 6.07) is 4.46. The van der Waals surface area contributed by atoms with Crippen molar-refractivity contribution < 1.29 is 23.4 Å². The van der Waals surface area contributed by atoms with Crippen LogP contribution in [0, 0.1) is 5.92 Å². The number of nitrogens with zero attached hydrogens (tertiary/aromatic N) is 3. The number of amides is 1. The van der Waals surface area contributed by atoms with E-state index in [1.807, 2.05) is 13.8 Å². The van der Waals surface area contributed by atoms with Gasteiger partial charge in [-0.25, -0.2) is 28.5 Å². The second kappa shape index (κ2) is 9.40. The molecule has 1 amide bonds. The summed E-state index contributed by atoms with van der Waals surface area (Å²) in [7, 11) is 0. The molecule has 1 unspecified atom stereocenters. The first-order valence-electron chi connectivity index (χ1n) is 9.02. The summed E-state index contributed by atoms with van der Waals surface area (Å²) >= 11 is 0. The molecule has 0 bridgehead atoms. The van der Waals surface area contributed by atoms with Gasteiger partial charge in [-0.1, -0.05) is 20.4 Å². The van der Waals surface area contributed by atoms with E-state index in [0.29, 0.717) is 17.9 Å². The third-order valence-electron chi connectivity index (χ3n) is 4.03. The second-order valence-electron chi connectivity index (χ2n) is 7.26. The lowest BCUT2D eigenvalue weighted by molar-refractivity contribution is 0.124. The first kappa shape index (κ1) is 22.2. The number of ether oxygens (including phenoxy) is 1. The standard InChI is InChI=1S/C20H24F2N4O3/c1-5-16-23-9-8-14(24-16)13-6-7-15(17(25-13)18(21)22)29-11-20(4,10-12(2)3)26-19(27)28/h5-9,12,18,26H,1,10-11H2,2-4H3,(H,27,28). The summed E-state index contributed by atoms with van der Waals surface area (Å²) in [5.74, 6) is 0.415. The highest BCUT2D eigenvalue weighted by Gasteiger charge is 2.29. The molecule has 7 nitrogen and oxygen atoms in total. The monoisotopic (exact) mass is 406 g/mol. The van der Waals surface area contributed by atoms with Gasteiger partial charge in [0.15, 0.2) is 5.82 Å². The summed E-state index contributed by atoms with van der Waals surface area (Å²) in [5.41, 5.74) is -0.861. The van der Waals surface area contributed by atoms with Crippen LogP contribution < -0.4 is 10.1 Å². The largest absolute Gasteiger partial charge is 0.489 e. The Kier molecular flexibility index (Phi) is 7.19. The highest BCUT2D eigenvalue weighted by Crippen LogP contribution is 2.31. The van der Waals surface area contributed by atoms with Crippen LogP contribution in [-0.4, -0.2) is 38.3 Å². The molecule has 0 aromatic carbocycles.